The molecule has 2 rings (SSSR count). The van der Waals surface area contributed by atoms with E-state index >= 15 is 0 Å². The van der Waals surface area contributed by atoms with Crippen molar-refractivity contribution in [1.29, 1.82) is 0 Å². The van der Waals surface area contributed by atoms with Crippen molar-refractivity contribution in [3.8, 4) is 0 Å². The van der Waals surface area contributed by atoms with Crippen LogP contribution in [0, 0.1) is 6.92 Å². The summed E-state index contributed by atoms with van der Waals surface area (Å²) in [6, 6.07) is 19.4. The normalized spacial score (nSPS) is 10.8. The maximum absolute atomic E-state index is 5.71. The third-order valence-electron chi connectivity index (χ3n) is 4.24. The summed E-state index contributed by atoms with van der Waals surface area (Å²) in [7, 11) is 0. The van der Waals surface area contributed by atoms with E-state index in [1.54, 1.807) is 0 Å². The summed E-state index contributed by atoms with van der Waals surface area (Å²) in [5.41, 5.74) is 4.09. The van der Waals surface area contributed by atoms with Crippen LogP contribution in [0.2, 0.25) is 0 Å². The van der Waals surface area contributed by atoms with Crippen LogP contribution < -0.4 is 0 Å². The highest BCUT2D eigenvalue weighted by atomic mass is 16.5. The van der Waals surface area contributed by atoms with Crippen molar-refractivity contribution in [2.75, 3.05) is 6.61 Å². The molecule has 124 valence electrons. The Hall–Kier alpha value is -1.60. The maximum Gasteiger partial charge on any atom is 0.0716 e. The van der Waals surface area contributed by atoms with Crippen LogP contribution in [0.25, 0.3) is 0 Å². The number of benzene rings is 2. The number of aryl methyl sites for hydroxylation is 2. The highest BCUT2D eigenvalue weighted by molar-refractivity contribution is 5.21. The third-order valence-corrected chi connectivity index (χ3v) is 4.24. The summed E-state index contributed by atoms with van der Waals surface area (Å²) in [5.74, 6) is 0. The lowest BCUT2D eigenvalue weighted by Gasteiger charge is -2.05. The average molecular weight is 310 g/mol. The zero-order chi connectivity index (χ0) is 16.2. The summed E-state index contributed by atoms with van der Waals surface area (Å²) in [6.45, 7) is 3.78. The standard InChI is InChI=1S/C22H30O/c1-20-14-16-21(17-15-20)11-7-4-2-3-5-10-18-23-19-22-12-8-6-9-13-22/h6,8-9,12-17H,2-5,7,10-11,18-19H2,1H3. The second-order valence-electron chi connectivity index (χ2n) is 6.40. The molecular formula is C22H30O. The van der Waals surface area contributed by atoms with Gasteiger partial charge >= 0.3 is 0 Å². The average Bonchev–Trinajstić information content (AvgIpc) is 2.59. The molecule has 0 fully saturated rings. The monoisotopic (exact) mass is 310 g/mol. The molecule has 0 atom stereocenters. The van der Waals surface area contributed by atoms with Gasteiger partial charge in [0.15, 0.2) is 0 Å². The first kappa shape index (κ1) is 17.7. The predicted octanol–water partition coefficient (Wildman–Crippen LogP) is 6.09. The van der Waals surface area contributed by atoms with Crippen molar-refractivity contribution in [2.45, 2.75) is 58.5 Å². The van der Waals surface area contributed by atoms with Crippen molar-refractivity contribution in [3.05, 3.63) is 71.3 Å². The van der Waals surface area contributed by atoms with Gasteiger partial charge in [0.1, 0.15) is 0 Å². The quantitative estimate of drug-likeness (QED) is 0.456. The zero-order valence-electron chi connectivity index (χ0n) is 14.5. The molecule has 1 heteroatoms. The molecule has 0 unspecified atom stereocenters. The van der Waals surface area contributed by atoms with E-state index in [4.69, 9.17) is 4.74 Å². The summed E-state index contributed by atoms with van der Waals surface area (Å²) in [6.07, 6.45) is 9.05. The lowest BCUT2D eigenvalue weighted by Crippen LogP contribution is -1.95. The van der Waals surface area contributed by atoms with E-state index in [0.29, 0.717) is 0 Å². The Morgan fingerprint density at radius 2 is 1.30 bits per heavy atom. The molecular weight excluding hydrogens is 280 g/mol. The van der Waals surface area contributed by atoms with Gasteiger partial charge in [-0.1, -0.05) is 85.8 Å². The van der Waals surface area contributed by atoms with Crippen molar-refractivity contribution < 1.29 is 4.74 Å². The van der Waals surface area contributed by atoms with Crippen LogP contribution in [-0.4, -0.2) is 6.61 Å². The van der Waals surface area contributed by atoms with E-state index < -0.39 is 0 Å². The second-order valence-corrected chi connectivity index (χ2v) is 6.40. The van der Waals surface area contributed by atoms with E-state index in [2.05, 4.69) is 55.5 Å². The summed E-state index contributed by atoms with van der Waals surface area (Å²) >= 11 is 0. The topological polar surface area (TPSA) is 9.23 Å². The molecule has 0 aliphatic carbocycles. The molecule has 0 N–H and O–H groups in total. The van der Waals surface area contributed by atoms with Crippen LogP contribution in [0.4, 0.5) is 0 Å². The lowest BCUT2D eigenvalue weighted by atomic mass is 10.0. The first-order valence-corrected chi connectivity index (χ1v) is 9.02. The lowest BCUT2D eigenvalue weighted by molar-refractivity contribution is 0.116. The molecule has 0 aromatic heterocycles. The van der Waals surface area contributed by atoms with Crippen molar-refractivity contribution >= 4 is 0 Å². The minimum Gasteiger partial charge on any atom is -0.377 e. The number of unbranched alkanes of at least 4 members (excludes halogenated alkanes) is 5. The molecule has 0 aliphatic heterocycles. The van der Waals surface area contributed by atoms with Gasteiger partial charge < -0.3 is 4.74 Å². The van der Waals surface area contributed by atoms with Gasteiger partial charge in [-0.3, -0.25) is 0 Å². The highest BCUT2D eigenvalue weighted by Crippen LogP contribution is 2.11. The molecule has 0 saturated heterocycles. The molecule has 0 saturated carbocycles. The Balaban J connectivity index is 1.39. The summed E-state index contributed by atoms with van der Waals surface area (Å²) in [5, 5.41) is 0. The SMILES string of the molecule is Cc1ccc(CCCCCCCCOCc2ccccc2)cc1. The van der Waals surface area contributed by atoms with Gasteiger partial charge in [0, 0.05) is 6.61 Å². The molecule has 0 spiro atoms. The zero-order valence-corrected chi connectivity index (χ0v) is 14.5. The first-order chi connectivity index (χ1) is 11.3. The minimum atomic E-state index is 0.747. The predicted molar refractivity (Wildman–Crippen MR) is 98.7 cm³/mol. The van der Waals surface area contributed by atoms with Crippen molar-refractivity contribution in [1.82, 2.24) is 0 Å². The first-order valence-electron chi connectivity index (χ1n) is 9.02. The number of hydrogen-bond donors (Lipinski definition) is 0. The van der Waals surface area contributed by atoms with E-state index in [0.717, 1.165) is 13.2 Å². The van der Waals surface area contributed by atoms with Crippen LogP contribution in [0.5, 0.6) is 0 Å². The Kier molecular flexibility index (Phi) is 8.50. The molecule has 0 amide bonds. The molecule has 2 aromatic carbocycles. The Bertz CT molecular complexity index is 515. The fourth-order valence-corrected chi connectivity index (χ4v) is 2.76. The van der Waals surface area contributed by atoms with Crippen LogP contribution >= 0.6 is 0 Å². The fraction of sp³-hybridized carbons (Fsp3) is 0.455. The third kappa shape index (κ3) is 7.99. The molecule has 0 aliphatic rings. The van der Waals surface area contributed by atoms with E-state index in [1.165, 1.54) is 61.6 Å². The van der Waals surface area contributed by atoms with Gasteiger partial charge in [0.05, 0.1) is 6.61 Å². The van der Waals surface area contributed by atoms with Crippen LogP contribution in [0.3, 0.4) is 0 Å². The van der Waals surface area contributed by atoms with E-state index in [9.17, 15) is 0 Å². The summed E-state index contributed by atoms with van der Waals surface area (Å²) in [4.78, 5) is 0. The van der Waals surface area contributed by atoms with Gasteiger partial charge in [0.25, 0.3) is 0 Å². The van der Waals surface area contributed by atoms with Gasteiger partial charge in [0.2, 0.25) is 0 Å². The fourth-order valence-electron chi connectivity index (χ4n) is 2.76. The van der Waals surface area contributed by atoms with Crippen LogP contribution in [0.1, 0.15) is 55.2 Å². The molecule has 2 aromatic rings. The van der Waals surface area contributed by atoms with E-state index in [1.807, 2.05) is 6.07 Å². The highest BCUT2D eigenvalue weighted by Gasteiger charge is 1.96. The molecule has 0 bridgehead atoms. The number of rotatable bonds is 11. The minimum absolute atomic E-state index is 0.747. The molecule has 0 radical (unpaired) electrons. The Morgan fingerprint density at radius 3 is 2.04 bits per heavy atom. The van der Waals surface area contributed by atoms with E-state index in [-0.39, 0.29) is 0 Å². The van der Waals surface area contributed by atoms with Crippen molar-refractivity contribution in [3.63, 3.8) is 0 Å². The van der Waals surface area contributed by atoms with Gasteiger partial charge in [-0.05, 0) is 37.3 Å². The Morgan fingerprint density at radius 1 is 0.652 bits per heavy atom. The molecule has 0 heterocycles. The number of hydrogen-bond acceptors (Lipinski definition) is 1. The smallest absolute Gasteiger partial charge is 0.0716 e. The summed E-state index contributed by atoms with van der Waals surface area (Å²) < 4.78 is 5.71. The second kappa shape index (κ2) is 11.0. The van der Waals surface area contributed by atoms with Crippen molar-refractivity contribution in [2.24, 2.45) is 0 Å². The molecule has 1 nitrogen and oxygen atoms in total. The van der Waals surface area contributed by atoms with Crippen LogP contribution in [-0.2, 0) is 17.8 Å². The maximum atomic E-state index is 5.71. The van der Waals surface area contributed by atoms with Gasteiger partial charge in [-0.25, -0.2) is 0 Å². The van der Waals surface area contributed by atoms with Gasteiger partial charge in [-0.2, -0.15) is 0 Å². The Labute approximate surface area is 141 Å². The number of ether oxygens (including phenoxy) is 1. The molecule has 23 heavy (non-hydrogen) atoms. The largest absolute Gasteiger partial charge is 0.377 e. The van der Waals surface area contributed by atoms with Gasteiger partial charge in [-0.15, -0.1) is 0 Å². The van der Waals surface area contributed by atoms with Crippen LogP contribution in [0.15, 0.2) is 54.6 Å².